The number of likely N-dealkylation sites (N-methyl/N-ethyl adjacent to an activating group) is 1. The highest BCUT2D eigenvalue weighted by Crippen LogP contribution is 2.24. The van der Waals surface area contributed by atoms with Crippen LogP contribution in [0.15, 0.2) is 64.9 Å². The van der Waals surface area contributed by atoms with Gasteiger partial charge in [0.25, 0.3) is 0 Å². The van der Waals surface area contributed by atoms with Crippen LogP contribution in [0.2, 0.25) is 0 Å². The maximum atomic E-state index is 12.5. The van der Waals surface area contributed by atoms with Gasteiger partial charge in [-0.25, -0.2) is 0 Å². The van der Waals surface area contributed by atoms with Gasteiger partial charge in [-0.05, 0) is 31.2 Å². The fraction of sp³-hybridized carbons (Fsp3) is 0.238. The molecule has 0 bridgehead atoms. The van der Waals surface area contributed by atoms with Crippen LogP contribution in [0.25, 0.3) is 11.6 Å². The Bertz CT molecular complexity index is 1010. The number of hydrogen-bond donors (Lipinski definition) is 1. The largest absolute Gasteiger partial charge is 0.461 e. The standard InChI is InChI=1S/C21H23N5O3S/c1-4-11-26-20(17-6-5-12-29-17)23-24-21(26)30-14-19(28)25(3)13-18(27)22-16-9-7-15(2)8-10-16/h4-10,12H,1,11,13-14H2,2-3H3,(H,22,27). The minimum Gasteiger partial charge on any atom is -0.461 e. The Morgan fingerprint density at radius 1 is 1.27 bits per heavy atom. The van der Waals surface area contributed by atoms with Crippen LogP contribution in [-0.2, 0) is 16.1 Å². The summed E-state index contributed by atoms with van der Waals surface area (Å²) in [5.74, 6) is 0.844. The van der Waals surface area contributed by atoms with Crippen molar-refractivity contribution in [2.75, 3.05) is 24.7 Å². The van der Waals surface area contributed by atoms with E-state index in [1.54, 1.807) is 31.5 Å². The maximum Gasteiger partial charge on any atom is 0.243 e. The molecule has 0 atom stereocenters. The van der Waals surface area contributed by atoms with E-state index in [2.05, 4.69) is 22.1 Å². The highest BCUT2D eigenvalue weighted by atomic mass is 32.2. The first-order chi connectivity index (χ1) is 14.5. The number of hydrogen-bond acceptors (Lipinski definition) is 6. The van der Waals surface area contributed by atoms with Gasteiger partial charge in [-0.2, -0.15) is 0 Å². The summed E-state index contributed by atoms with van der Waals surface area (Å²) in [6.07, 6.45) is 3.29. The van der Waals surface area contributed by atoms with Gasteiger partial charge in [-0.3, -0.25) is 14.2 Å². The third kappa shape index (κ3) is 5.38. The minimum atomic E-state index is -0.255. The minimum absolute atomic E-state index is 0.0374. The predicted octanol–water partition coefficient (Wildman–Crippen LogP) is 3.22. The molecule has 1 N–H and O–H groups in total. The van der Waals surface area contributed by atoms with Crippen molar-refractivity contribution < 1.29 is 14.0 Å². The normalized spacial score (nSPS) is 10.6. The highest BCUT2D eigenvalue weighted by Gasteiger charge is 2.18. The SMILES string of the molecule is C=CCn1c(SCC(=O)N(C)CC(=O)Nc2ccc(C)cc2)nnc1-c1ccco1. The topological polar surface area (TPSA) is 93.3 Å². The number of aromatic nitrogens is 3. The van der Waals surface area contributed by atoms with Gasteiger partial charge in [-0.15, -0.1) is 16.8 Å². The Balaban J connectivity index is 1.56. The zero-order chi connectivity index (χ0) is 21.5. The number of benzene rings is 1. The lowest BCUT2D eigenvalue weighted by atomic mass is 10.2. The predicted molar refractivity (Wildman–Crippen MR) is 116 cm³/mol. The van der Waals surface area contributed by atoms with E-state index in [0.29, 0.717) is 29.0 Å². The van der Waals surface area contributed by atoms with E-state index in [9.17, 15) is 9.59 Å². The number of furan rings is 1. The highest BCUT2D eigenvalue weighted by molar-refractivity contribution is 7.99. The number of amides is 2. The molecule has 9 heteroatoms. The Kier molecular flexibility index (Phi) is 7.08. The van der Waals surface area contributed by atoms with Crippen LogP contribution in [-0.4, -0.2) is 50.8 Å². The average Bonchev–Trinajstić information content (AvgIpc) is 3.38. The monoisotopic (exact) mass is 425 g/mol. The van der Waals surface area contributed by atoms with Gasteiger partial charge in [0, 0.05) is 19.3 Å². The molecular weight excluding hydrogens is 402 g/mol. The van der Waals surface area contributed by atoms with E-state index >= 15 is 0 Å². The lowest BCUT2D eigenvalue weighted by Crippen LogP contribution is -2.36. The van der Waals surface area contributed by atoms with E-state index in [1.165, 1.54) is 16.7 Å². The molecule has 2 amide bonds. The number of anilines is 1. The zero-order valence-electron chi connectivity index (χ0n) is 16.9. The van der Waals surface area contributed by atoms with Crippen LogP contribution >= 0.6 is 11.8 Å². The first-order valence-corrected chi connectivity index (χ1v) is 10.3. The second-order valence-electron chi connectivity index (χ2n) is 6.64. The van der Waals surface area contributed by atoms with Crippen molar-refractivity contribution in [3.8, 4) is 11.6 Å². The summed E-state index contributed by atoms with van der Waals surface area (Å²) in [7, 11) is 1.60. The molecule has 30 heavy (non-hydrogen) atoms. The van der Waals surface area contributed by atoms with Crippen LogP contribution in [0, 0.1) is 6.92 Å². The Labute approximate surface area is 179 Å². The summed E-state index contributed by atoms with van der Waals surface area (Å²) < 4.78 is 7.22. The van der Waals surface area contributed by atoms with E-state index in [4.69, 9.17) is 4.42 Å². The van der Waals surface area contributed by atoms with Gasteiger partial charge in [-0.1, -0.05) is 35.5 Å². The molecule has 0 aliphatic heterocycles. The molecule has 0 unspecified atom stereocenters. The molecule has 3 rings (SSSR count). The first-order valence-electron chi connectivity index (χ1n) is 9.29. The van der Waals surface area contributed by atoms with E-state index in [-0.39, 0.29) is 24.1 Å². The van der Waals surface area contributed by atoms with Gasteiger partial charge in [0.15, 0.2) is 10.9 Å². The van der Waals surface area contributed by atoms with E-state index < -0.39 is 0 Å². The average molecular weight is 426 g/mol. The summed E-state index contributed by atoms with van der Waals surface area (Å²) in [5, 5.41) is 11.7. The molecule has 0 saturated carbocycles. The van der Waals surface area contributed by atoms with Gasteiger partial charge in [0.05, 0.1) is 18.6 Å². The fourth-order valence-electron chi connectivity index (χ4n) is 2.65. The molecule has 1 aromatic carbocycles. The zero-order valence-corrected chi connectivity index (χ0v) is 17.7. The van der Waals surface area contributed by atoms with Crippen molar-refractivity contribution in [1.82, 2.24) is 19.7 Å². The number of thioether (sulfide) groups is 1. The molecular formula is C21H23N5O3S. The van der Waals surface area contributed by atoms with Gasteiger partial charge in [0.1, 0.15) is 0 Å². The molecule has 0 radical (unpaired) electrons. The van der Waals surface area contributed by atoms with Crippen LogP contribution in [0.5, 0.6) is 0 Å². The number of carbonyl (C=O) groups excluding carboxylic acids is 2. The fourth-order valence-corrected chi connectivity index (χ4v) is 3.54. The molecule has 2 heterocycles. The number of nitrogens with zero attached hydrogens (tertiary/aromatic N) is 4. The summed E-state index contributed by atoms with van der Waals surface area (Å²) in [5.41, 5.74) is 1.81. The Hall–Kier alpha value is -3.33. The Morgan fingerprint density at radius 3 is 2.70 bits per heavy atom. The third-order valence-electron chi connectivity index (χ3n) is 4.24. The Morgan fingerprint density at radius 2 is 2.03 bits per heavy atom. The quantitative estimate of drug-likeness (QED) is 0.418. The third-order valence-corrected chi connectivity index (χ3v) is 5.19. The van der Waals surface area contributed by atoms with Crippen molar-refractivity contribution in [2.24, 2.45) is 0 Å². The number of aryl methyl sites for hydroxylation is 1. The summed E-state index contributed by atoms with van der Waals surface area (Å²) in [6.45, 7) is 6.18. The lowest BCUT2D eigenvalue weighted by Gasteiger charge is -2.16. The smallest absolute Gasteiger partial charge is 0.243 e. The van der Waals surface area contributed by atoms with Crippen molar-refractivity contribution >= 4 is 29.3 Å². The van der Waals surface area contributed by atoms with Crippen molar-refractivity contribution in [3.05, 3.63) is 60.9 Å². The maximum absolute atomic E-state index is 12.5. The lowest BCUT2D eigenvalue weighted by molar-refractivity contribution is -0.131. The van der Waals surface area contributed by atoms with Crippen molar-refractivity contribution in [2.45, 2.75) is 18.6 Å². The molecule has 0 fully saturated rings. The summed E-state index contributed by atoms with van der Waals surface area (Å²) in [4.78, 5) is 26.1. The molecule has 156 valence electrons. The summed E-state index contributed by atoms with van der Waals surface area (Å²) in [6, 6.07) is 11.1. The van der Waals surface area contributed by atoms with Crippen molar-refractivity contribution in [3.63, 3.8) is 0 Å². The van der Waals surface area contributed by atoms with E-state index in [1.807, 2.05) is 35.8 Å². The molecule has 8 nitrogen and oxygen atoms in total. The molecule has 0 aliphatic rings. The van der Waals surface area contributed by atoms with Crippen LogP contribution in [0.3, 0.4) is 0 Å². The van der Waals surface area contributed by atoms with Crippen molar-refractivity contribution in [1.29, 1.82) is 0 Å². The molecule has 3 aromatic rings. The molecule has 0 saturated heterocycles. The van der Waals surface area contributed by atoms with Gasteiger partial charge >= 0.3 is 0 Å². The number of rotatable bonds is 9. The first kappa shape index (κ1) is 21.4. The second kappa shape index (κ2) is 9.93. The number of nitrogens with one attached hydrogen (secondary N) is 1. The van der Waals surface area contributed by atoms with E-state index in [0.717, 1.165) is 5.56 Å². The second-order valence-corrected chi connectivity index (χ2v) is 7.58. The van der Waals surface area contributed by atoms with Crippen LogP contribution < -0.4 is 5.32 Å². The molecule has 0 spiro atoms. The molecule has 2 aromatic heterocycles. The number of allylic oxidation sites excluding steroid dienone is 1. The summed E-state index contributed by atoms with van der Waals surface area (Å²) >= 11 is 1.25. The van der Waals surface area contributed by atoms with Gasteiger partial charge < -0.3 is 14.6 Å². The van der Waals surface area contributed by atoms with Crippen LogP contribution in [0.1, 0.15) is 5.56 Å². The van der Waals surface area contributed by atoms with Crippen LogP contribution in [0.4, 0.5) is 5.69 Å². The number of carbonyl (C=O) groups is 2. The molecule has 0 aliphatic carbocycles. The van der Waals surface area contributed by atoms with Gasteiger partial charge in [0.2, 0.25) is 17.6 Å².